The molecule has 2 saturated heterocycles. The molecule has 1 atom stereocenters. The van der Waals surface area contributed by atoms with Crippen molar-refractivity contribution < 1.29 is 19.1 Å². The minimum atomic E-state index is -0.971. The molecule has 0 unspecified atom stereocenters. The van der Waals surface area contributed by atoms with Gasteiger partial charge in [0.2, 0.25) is 5.91 Å². The maximum atomic E-state index is 13.3. The van der Waals surface area contributed by atoms with Gasteiger partial charge in [-0.3, -0.25) is 19.5 Å². The summed E-state index contributed by atoms with van der Waals surface area (Å²) in [7, 11) is 0. The molecule has 0 aliphatic carbocycles. The lowest BCUT2D eigenvalue weighted by molar-refractivity contribution is -0.125. The van der Waals surface area contributed by atoms with E-state index in [0.717, 1.165) is 32.8 Å². The number of nitrogens with two attached hydrogens (primary N) is 1. The van der Waals surface area contributed by atoms with Crippen LogP contribution in [-0.2, 0) is 14.9 Å². The topological polar surface area (TPSA) is 98.0 Å². The molecule has 0 spiro atoms. The molecule has 4 rings (SSSR count). The number of likely N-dealkylation sites (tertiary alicyclic amines) is 1. The number of primary amides is 1. The van der Waals surface area contributed by atoms with Crippen LogP contribution in [0.1, 0.15) is 28.9 Å². The standard InChI is InChI=1S/C24H30N4O4/c25-23(30)24(21-7-1-2-9-26-21)8-4-10-28(18-24)22(29)19-5-3-6-20(17-19)32-16-13-27-11-14-31-15-12-27/h1-3,5-7,9,17H,4,8,10-16,18H2,(H2,25,30)/t24-/m0/s1. The number of rotatable bonds is 7. The highest BCUT2D eigenvalue weighted by Gasteiger charge is 2.44. The van der Waals surface area contributed by atoms with Crippen molar-refractivity contribution in [3.63, 3.8) is 0 Å². The molecule has 8 heteroatoms. The highest BCUT2D eigenvalue weighted by molar-refractivity contribution is 5.96. The number of carbonyl (C=O) groups excluding carboxylic acids is 2. The van der Waals surface area contributed by atoms with Crippen LogP contribution in [0.5, 0.6) is 5.75 Å². The Kier molecular flexibility index (Phi) is 7.02. The van der Waals surface area contributed by atoms with E-state index in [1.807, 2.05) is 24.3 Å². The third kappa shape index (κ3) is 4.92. The zero-order valence-electron chi connectivity index (χ0n) is 18.2. The van der Waals surface area contributed by atoms with Crippen LogP contribution >= 0.6 is 0 Å². The van der Waals surface area contributed by atoms with Crippen molar-refractivity contribution in [1.82, 2.24) is 14.8 Å². The van der Waals surface area contributed by atoms with Crippen LogP contribution in [0.3, 0.4) is 0 Å². The molecule has 2 aliphatic rings. The van der Waals surface area contributed by atoms with E-state index in [-0.39, 0.29) is 12.5 Å². The molecule has 0 radical (unpaired) electrons. The Morgan fingerprint density at radius 2 is 1.97 bits per heavy atom. The number of carbonyl (C=O) groups is 2. The summed E-state index contributed by atoms with van der Waals surface area (Å²) in [4.78, 5) is 34.2. The van der Waals surface area contributed by atoms with Gasteiger partial charge in [0.05, 0.1) is 18.9 Å². The number of pyridine rings is 1. The van der Waals surface area contributed by atoms with Crippen molar-refractivity contribution in [1.29, 1.82) is 0 Å². The maximum Gasteiger partial charge on any atom is 0.254 e. The molecule has 1 aromatic carbocycles. The summed E-state index contributed by atoms with van der Waals surface area (Å²) in [6.45, 7) is 5.49. The molecule has 3 heterocycles. The molecule has 32 heavy (non-hydrogen) atoms. The van der Waals surface area contributed by atoms with Gasteiger partial charge in [0, 0.05) is 44.5 Å². The van der Waals surface area contributed by atoms with Gasteiger partial charge in [-0.2, -0.15) is 0 Å². The molecule has 2 aliphatic heterocycles. The van der Waals surface area contributed by atoms with Gasteiger partial charge in [-0.25, -0.2) is 0 Å². The van der Waals surface area contributed by atoms with Crippen LogP contribution < -0.4 is 10.5 Å². The summed E-state index contributed by atoms with van der Waals surface area (Å²) in [6.07, 6.45) is 2.91. The number of benzene rings is 1. The lowest BCUT2D eigenvalue weighted by atomic mass is 9.76. The van der Waals surface area contributed by atoms with Crippen LogP contribution in [0, 0.1) is 0 Å². The highest BCUT2D eigenvalue weighted by Crippen LogP contribution is 2.33. The van der Waals surface area contributed by atoms with E-state index in [2.05, 4.69) is 9.88 Å². The first-order chi connectivity index (χ1) is 15.6. The van der Waals surface area contributed by atoms with Crippen LogP contribution in [0.4, 0.5) is 0 Å². The Morgan fingerprint density at radius 3 is 2.72 bits per heavy atom. The van der Waals surface area contributed by atoms with E-state index in [1.54, 1.807) is 29.3 Å². The van der Waals surface area contributed by atoms with Crippen LogP contribution in [0.25, 0.3) is 0 Å². The predicted octanol–water partition coefficient (Wildman–Crippen LogP) is 1.45. The Labute approximate surface area is 188 Å². The average Bonchev–Trinajstić information content (AvgIpc) is 2.85. The molecular formula is C24H30N4O4. The number of nitrogens with zero attached hydrogens (tertiary/aromatic N) is 3. The zero-order chi connectivity index (χ0) is 22.4. The van der Waals surface area contributed by atoms with Gasteiger partial charge in [-0.15, -0.1) is 0 Å². The molecule has 1 aromatic heterocycles. The number of hydrogen-bond acceptors (Lipinski definition) is 6. The fourth-order valence-electron chi connectivity index (χ4n) is 4.43. The van der Waals surface area contributed by atoms with E-state index in [0.29, 0.717) is 43.0 Å². The van der Waals surface area contributed by atoms with Gasteiger partial charge >= 0.3 is 0 Å². The van der Waals surface area contributed by atoms with Crippen LogP contribution in [-0.4, -0.2) is 79.1 Å². The van der Waals surface area contributed by atoms with E-state index in [4.69, 9.17) is 15.2 Å². The van der Waals surface area contributed by atoms with Crippen LogP contribution in [0.2, 0.25) is 0 Å². The third-order valence-electron chi connectivity index (χ3n) is 6.27. The quantitative estimate of drug-likeness (QED) is 0.703. The van der Waals surface area contributed by atoms with Gasteiger partial charge in [-0.05, 0) is 43.2 Å². The third-order valence-corrected chi connectivity index (χ3v) is 6.27. The lowest BCUT2D eigenvalue weighted by Crippen LogP contribution is -2.55. The summed E-state index contributed by atoms with van der Waals surface area (Å²) < 4.78 is 11.3. The van der Waals surface area contributed by atoms with Crippen LogP contribution in [0.15, 0.2) is 48.7 Å². The van der Waals surface area contributed by atoms with Crippen molar-refractivity contribution >= 4 is 11.8 Å². The van der Waals surface area contributed by atoms with Gasteiger partial charge in [0.25, 0.3) is 5.91 Å². The number of piperidine rings is 1. The number of hydrogen-bond donors (Lipinski definition) is 1. The second kappa shape index (κ2) is 10.1. The second-order valence-electron chi connectivity index (χ2n) is 8.32. The summed E-state index contributed by atoms with van der Waals surface area (Å²) in [5, 5.41) is 0. The maximum absolute atomic E-state index is 13.3. The van der Waals surface area contributed by atoms with E-state index < -0.39 is 11.3 Å². The zero-order valence-corrected chi connectivity index (χ0v) is 18.2. The number of ether oxygens (including phenoxy) is 2. The van der Waals surface area contributed by atoms with Crippen molar-refractivity contribution in [3.05, 3.63) is 59.9 Å². The predicted molar refractivity (Wildman–Crippen MR) is 119 cm³/mol. The van der Waals surface area contributed by atoms with Gasteiger partial charge in [0.1, 0.15) is 17.8 Å². The number of aromatic nitrogens is 1. The first-order valence-corrected chi connectivity index (χ1v) is 11.1. The van der Waals surface area contributed by atoms with Crippen molar-refractivity contribution in [2.24, 2.45) is 5.73 Å². The van der Waals surface area contributed by atoms with Crippen molar-refractivity contribution in [2.75, 3.05) is 52.5 Å². The molecule has 0 bridgehead atoms. The first kappa shape index (κ1) is 22.2. The number of morpholine rings is 1. The molecule has 170 valence electrons. The molecule has 2 N–H and O–H groups in total. The summed E-state index contributed by atoms with van der Waals surface area (Å²) in [6, 6.07) is 12.7. The molecule has 0 saturated carbocycles. The molecule has 8 nitrogen and oxygen atoms in total. The highest BCUT2D eigenvalue weighted by atomic mass is 16.5. The van der Waals surface area contributed by atoms with E-state index in [9.17, 15) is 9.59 Å². The Hall–Kier alpha value is -2.97. The Balaban J connectivity index is 1.43. The normalized spacial score (nSPS) is 21.8. The van der Waals surface area contributed by atoms with Gasteiger partial charge < -0.3 is 20.1 Å². The minimum absolute atomic E-state index is 0.134. The van der Waals surface area contributed by atoms with Crippen molar-refractivity contribution in [3.8, 4) is 5.75 Å². The largest absolute Gasteiger partial charge is 0.492 e. The smallest absolute Gasteiger partial charge is 0.254 e. The fourth-order valence-corrected chi connectivity index (χ4v) is 4.43. The lowest BCUT2D eigenvalue weighted by Gasteiger charge is -2.40. The Bertz CT molecular complexity index is 933. The molecule has 2 aromatic rings. The average molecular weight is 439 g/mol. The van der Waals surface area contributed by atoms with E-state index >= 15 is 0 Å². The summed E-state index contributed by atoms with van der Waals surface area (Å²) in [5.41, 5.74) is 6.01. The summed E-state index contributed by atoms with van der Waals surface area (Å²) in [5.74, 6) is 0.0748. The minimum Gasteiger partial charge on any atom is -0.492 e. The fraction of sp³-hybridized carbons (Fsp3) is 0.458. The second-order valence-corrected chi connectivity index (χ2v) is 8.32. The molecule has 2 amide bonds. The summed E-state index contributed by atoms with van der Waals surface area (Å²) >= 11 is 0. The van der Waals surface area contributed by atoms with Gasteiger partial charge in [0.15, 0.2) is 0 Å². The molecular weight excluding hydrogens is 408 g/mol. The van der Waals surface area contributed by atoms with Gasteiger partial charge in [-0.1, -0.05) is 12.1 Å². The monoisotopic (exact) mass is 438 g/mol. The number of amides is 2. The SMILES string of the molecule is NC(=O)[C@@]1(c2ccccn2)CCCN(C(=O)c2cccc(OCCN3CCOCC3)c2)C1. The first-order valence-electron chi connectivity index (χ1n) is 11.1. The Morgan fingerprint density at radius 1 is 1.12 bits per heavy atom. The van der Waals surface area contributed by atoms with Crippen molar-refractivity contribution in [2.45, 2.75) is 18.3 Å². The van der Waals surface area contributed by atoms with E-state index in [1.165, 1.54) is 0 Å². The molecule has 2 fully saturated rings.